The van der Waals surface area contributed by atoms with Crippen LogP contribution in [0, 0.1) is 0 Å². The molecule has 0 amide bonds. The Hall–Kier alpha value is -9.00. The van der Waals surface area contributed by atoms with Gasteiger partial charge in [0.25, 0.3) is 0 Å². The molecule has 2 aliphatic rings. The Morgan fingerprint density at radius 1 is 0.325 bits per heavy atom. The summed E-state index contributed by atoms with van der Waals surface area (Å²) in [7, 11) is -0.484. The second kappa shape index (κ2) is 19.1. The quantitative estimate of drug-likeness (QED) is 0.128. The lowest BCUT2D eigenvalue weighted by Crippen LogP contribution is -2.41. The first kappa shape index (κ1) is 49.3. The molecule has 4 nitrogen and oxygen atoms in total. The number of anilines is 3. The average Bonchev–Trinajstić information content (AvgIpc) is 2.91. The minimum Gasteiger partial charge on any atom is -0.455 e. The number of fused-ring (bicyclic) bond motifs is 6. The Balaban J connectivity index is 0.976. The molecule has 5 heteroatoms. The van der Waals surface area contributed by atoms with Crippen LogP contribution < -0.4 is 10.4 Å². The van der Waals surface area contributed by atoms with E-state index in [4.69, 9.17) is 13.7 Å². The minimum absolute atomic E-state index is 0.328. The molecule has 1 aliphatic heterocycles. The largest absolute Gasteiger partial charge is 0.494 e. The first-order chi connectivity index (χ1) is 38.9. The van der Waals surface area contributed by atoms with Gasteiger partial charge in [-0.25, -0.2) is 0 Å². The van der Waals surface area contributed by atoms with Crippen molar-refractivity contribution in [3.8, 4) is 77.9 Å². The molecule has 0 atom stereocenters. The maximum Gasteiger partial charge on any atom is 0.494 e. The molecule has 0 unspecified atom stereocenters. The summed E-state index contributed by atoms with van der Waals surface area (Å²) < 4.78 is 19.8. The SMILES string of the molecule is CC1(C)c2ccccc2-c2c(-c3ccccc3)c(-c3ccc(N(c4ccc(-c5ccccc5)cc4)c4ccc(-c5cccc6c5oc5ccccc56)cc4)cc3)c(-c3ccc(B4OC(C)(C)C(C)(C)O4)cc3)c(-c3ccccc3)c21. The van der Waals surface area contributed by atoms with Crippen LogP contribution in [0.3, 0.4) is 0 Å². The van der Waals surface area contributed by atoms with Gasteiger partial charge in [-0.2, -0.15) is 0 Å². The van der Waals surface area contributed by atoms with Crippen molar-refractivity contribution in [3.05, 3.63) is 266 Å². The minimum atomic E-state index is -0.484. The van der Waals surface area contributed by atoms with E-state index in [0.717, 1.165) is 66.7 Å². The molecular formula is C75H60BNO3. The Morgan fingerprint density at radius 3 is 1.34 bits per heavy atom. The predicted molar refractivity (Wildman–Crippen MR) is 334 cm³/mol. The van der Waals surface area contributed by atoms with Gasteiger partial charge in [0.1, 0.15) is 11.2 Å². The third-order valence-electron chi connectivity index (χ3n) is 17.3. The van der Waals surface area contributed by atoms with Gasteiger partial charge in [-0.1, -0.05) is 226 Å². The lowest BCUT2D eigenvalue weighted by Gasteiger charge is -2.32. The van der Waals surface area contributed by atoms with Gasteiger partial charge in [0.2, 0.25) is 0 Å². The van der Waals surface area contributed by atoms with Gasteiger partial charge in [0.05, 0.1) is 11.2 Å². The Kier molecular flexibility index (Phi) is 11.8. The number of para-hydroxylation sites is 2. The van der Waals surface area contributed by atoms with Crippen LogP contribution in [-0.2, 0) is 14.7 Å². The average molecular weight is 1030 g/mol. The molecule has 0 bridgehead atoms. The molecule has 1 fully saturated rings. The normalized spacial score (nSPS) is 14.8. The topological polar surface area (TPSA) is 34.8 Å². The second-order valence-electron chi connectivity index (χ2n) is 23.0. The van der Waals surface area contributed by atoms with Gasteiger partial charge in [-0.3, -0.25) is 0 Å². The fourth-order valence-corrected chi connectivity index (χ4v) is 12.6. The van der Waals surface area contributed by atoms with E-state index in [-0.39, 0.29) is 5.41 Å². The van der Waals surface area contributed by atoms with Crippen molar-refractivity contribution in [2.24, 2.45) is 0 Å². The lowest BCUT2D eigenvalue weighted by molar-refractivity contribution is 0.00578. The van der Waals surface area contributed by atoms with E-state index in [1.165, 1.54) is 66.8 Å². The number of hydrogen-bond acceptors (Lipinski definition) is 4. The highest BCUT2D eigenvalue weighted by Crippen LogP contribution is 2.61. The number of rotatable bonds is 10. The zero-order chi connectivity index (χ0) is 54.3. The maximum absolute atomic E-state index is 6.62. The van der Waals surface area contributed by atoms with Gasteiger partial charge >= 0.3 is 7.12 Å². The van der Waals surface area contributed by atoms with Crippen LogP contribution >= 0.6 is 0 Å². The van der Waals surface area contributed by atoms with Gasteiger partial charge < -0.3 is 18.6 Å². The highest BCUT2D eigenvalue weighted by molar-refractivity contribution is 6.62. The molecule has 1 aromatic heterocycles. The maximum atomic E-state index is 6.62. The summed E-state index contributed by atoms with van der Waals surface area (Å²) in [5.41, 5.74) is 23.8. The molecule has 0 N–H and O–H groups in total. The molecule has 2 heterocycles. The van der Waals surface area contributed by atoms with E-state index in [1.807, 2.05) is 12.1 Å². The van der Waals surface area contributed by atoms with Crippen LogP contribution in [0.4, 0.5) is 17.1 Å². The Morgan fingerprint density at radius 2 is 0.738 bits per heavy atom. The first-order valence-corrected chi connectivity index (χ1v) is 27.9. The molecule has 0 radical (unpaired) electrons. The summed E-state index contributed by atoms with van der Waals surface area (Å²) in [4.78, 5) is 2.37. The van der Waals surface area contributed by atoms with Crippen molar-refractivity contribution in [1.29, 1.82) is 0 Å². The van der Waals surface area contributed by atoms with Gasteiger partial charge in [-0.15, -0.1) is 0 Å². The fraction of sp³-hybridized carbons (Fsp3) is 0.120. The van der Waals surface area contributed by atoms with Crippen molar-refractivity contribution >= 4 is 51.6 Å². The van der Waals surface area contributed by atoms with E-state index >= 15 is 0 Å². The van der Waals surface area contributed by atoms with Crippen LogP contribution in [-0.4, -0.2) is 18.3 Å². The summed E-state index contributed by atoms with van der Waals surface area (Å²) in [6, 6.07) is 92.6. The lowest BCUT2D eigenvalue weighted by atomic mass is 9.72. The number of hydrogen-bond donors (Lipinski definition) is 0. The molecule has 1 aliphatic carbocycles. The summed E-state index contributed by atoms with van der Waals surface area (Å²) in [6.45, 7) is 13.3. The molecule has 14 rings (SSSR count). The highest BCUT2D eigenvalue weighted by atomic mass is 16.7. The molecular weight excluding hydrogens is 974 g/mol. The third-order valence-corrected chi connectivity index (χ3v) is 17.3. The molecule has 80 heavy (non-hydrogen) atoms. The summed E-state index contributed by atoms with van der Waals surface area (Å²) >= 11 is 0. The second-order valence-corrected chi connectivity index (χ2v) is 23.0. The van der Waals surface area contributed by atoms with Crippen molar-refractivity contribution < 1.29 is 13.7 Å². The molecule has 12 aromatic rings. The van der Waals surface area contributed by atoms with Crippen LogP contribution in [0.5, 0.6) is 0 Å². The predicted octanol–water partition coefficient (Wildman–Crippen LogP) is 19.7. The third kappa shape index (κ3) is 8.14. The smallest absolute Gasteiger partial charge is 0.455 e. The molecule has 0 spiro atoms. The van der Waals surface area contributed by atoms with Gasteiger partial charge in [0.15, 0.2) is 0 Å². The van der Waals surface area contributed by atoms with Crippen LogP contribution in [0.15, 0.2) is 259 Å². The van der Waals surface area contributed by atoms with E-state index in [1.54, 1.807) is 0 Å². The van der Waals surface area contributed by atoms with Crippen molar-refractivity contribution in [2.75, 3.05) is 4.90 Å². The van der Waals surface area contributed by atoms with E-state index in [2.05, 4.69) is 289 Å². The van der Waals surface area contributed by atoms with Crippen LogP contribution in [0.2, 0.25) is 0 Å². The molecule has 11 aromatic carbocycles. The highest BCUT2D eigenvalue weighted by Gasteiger charge is 2.52. The monoisotopic (exact) mass is 1030 g/mol. The van der Waals surface area contributed by atoms with E-state index in [9.17, 15) is 0 Å². The van der Waals surface area contributed by atoms with Crippen molar-refractivity contribution in [1.82, 2.24) is 0 Å². The molecule has 1 saturated heterocycles. The first-order valence-electron chi connectivity index (χ1n) is 27.9. The summed E-state index contributed by atoms with van der Waals surface area (Å²) in [6.07, 6.45) is 0. The van der Waals surface area contributed by atoms with E-state index < -0.39 is 18.3 Å². The van der Waals surface area contributed by atoms with Crippen molar-refractivity contribution in [3.63, 3.8) is 0 Å². The van der Waals surface area contributed by atoms with E-state index in [0.29, 0.717) is 0 Å². The standard InChI is InChI=1S/C75H60BNO3/c1-73(2)64-31-18-16-28-63(64)70-68(52-23-12-8-13-24-52)66(67(69(71(70)73)53-25-14-9-15-26-53)54-33-41-56(42-34-54)76-79-74(3,4)75(5,6)80-76)55-39-47-59(48-40-55)77(57-43-35-50(36-44-57)49-21-10-7-11-22-49)58-45-37-51(38-46-58)60-29-20-30-62-61-27-17-19-32-65(61)78-72(60)62/h7-48H,1-6H3. The van der Waals surface area contributed by atoms with Crippen molar-refractivity contribution in [2.45, 2.75) is 58.2 Å². The van der Waals surface area contributed by atoms with Gasteiger partial charge in [0, 0.05) is 38.8 Å². The Bertz CT molecular complexity index is 4260. The molecule has 0 saturated carbocycles. The summed E-state index contributed by atoms with van der Waals surface area (Å²) in [5.74, 6) is 0. The van der Waals surface area contributed by atoms with Gasteiger partial charge in [-0.05, 0) is 159 Å². The zero-order valence-electron chi connectivity index (χ0n) is 46.0. The van der Waals surface area contributed by atoms with Crippen LogP contribution in [0.25, 0.3) is 99.8 Å². The zero-order valence-corrected chi connectivity index (χ0v) is 46.0. The number of nitrogens with zero attached hydrogens (tertiary/aromatic N) is 1. The summed E-state index contributed by atoms with van der Waals surface area (Å²) in [5, 5.41) is 2.24. The van der Waals surface area contributed by atoms with Crippen LogP contribution in [0.1, 0.15) is 52.7 Å². The number of furan rings is 1. The Labute approximate surface area is 469 Å². The molecule has 386 valence electrons. The fourth-order valence-electron chi connectivity index (χ4n) is 12.6. The number of benzene rings is 11.